The van der Waals surface area contributed by atoms with E-state index in [0.717, 1.165) is 24.8 Å². The quantitative estimate of drug-likeness (QED) is 0.485. The Morgan fingerprint density at radius 2 is 1.50 bits per heavy atom. The van der Waals surface area contributed by atoms with E-state index in [-0.39, 0.29) is 17.8 Å². The van der Waals surface area contributed by atoms with Crippen LogP contribution in [0.4, 0.5) is 0 Å². The van der Waals surface area contributed by atoms with Gasteiger partial charge in [0.05, 0.1) is 20.1 Å². The van der Waals surface area contributed by atoms with Crippen LogP contribution in [0, 0.1) is 17.8 Å². The molecule has 2 fully saturated rings. The van der Waals surface area contributed by atoms with Gasteiger partial charge in [-0.2, -0.15) is 0 Å². The van der Waals surface area contributed by atoms with Crippen molar-refractivity contribution >= 4 is 5.97 Å². The Morgan fingerprint density at radius 3 is 2.04 bits per heavy atom. The van der Waals surface area contributed by atoms with E-state index < -0.39 is 0 Å². The molecule has 2 aliphatic carbocycles. The molecule has 0 bridgehead atoms. The van der Waals surface area contributed by atoms with Crippen LogP contribution >= 0.6 is 0 Å². The van der Waals surface area contributed by atoms with E-state index >= 15 is 0 Å². The van der Waals surface area contributed by atoms with E-state index in [1.54, 1.807) is 0 Å². The van der Waals surface area contributed by atoms with Crippen molar-refractivity contribution in [3.05, 3.63) is 11.5 Å². The van der Waals surface area contributed by atoms with Crippen LogP contribution in [0.2, 0.25) is 0 Å². The fourth-order valence-corrected chi connectivity index (χ4v) is 4.53. The van der Waals surface area contributed by atoms with E-state index in [1.807, 2.05) is 0 Å². The summed E-state index contributed by atoms with van der Waals surface area (Å²) in [5.41, 5.74) is 0.797. The number of carbonyl (C=O) groups excluding carboxylic acids is 1. The van der Waals surface area contributed by atoms with Gasteiger partial charge in [-0.25, -0.2) is 5.11 Å². The molecule has 0 saturated heterocycles. The molecule has 0 heterocycles. The highest BCUT2D eigenvalue weighted by Gasteiger charge is 2.33. The highest BCUT2D eigenvalue weighted by Crippen LogP contribution is 2.38. The SMILES string of the molecule is COC(=O)C(CC(CC1CCCCC1)=C([O])OC)C1CCCCC1. The maximum Gasteiger partial charge on any atom is 0.329 e. The summed E-state index contributed by atoms with van der Waals surface area (Å²) in [6.45, 7) is 0. The van der Waals surface area contributed by atoms with Crippen molar-refractivity contribution in [2.24, 2.45) is 17.8 Å². The molecule has 24 heavy (non-hydrogen) atoms. The van der Waals surface area contributed by atoms with Crippen molar-refractivity contribution in [3.8, 4) is 0 Å². The number of hydrogen-bond acceptors (Lipinski definition) is 3. The molecule has 0 aromatic rings. The van der Waals surface area contributed by atoms with Gasteiger partial charge in [-0.3, -0.25) is 4.79 Å². The number of methoxy groups -OCH3 is 2. The van der Waals surface area contributed by atoms with Crippen molar-refractivity contribution in [3.63, 3.8) is 0 Å². The Bertz CT molecular complexity index is 417. The predicted molar refractivity (Wildman–Crippen MR) is 92.6 cm³/mol. The molecule has 0 spiro atoms. The van der Waals surface area contributed by atoms with Crippen molar-refractivity contribution in [2.45, 2.75) is 77.0 Å². The fourth-order valence-electron chi connectivity index (χ4n) is 4.53. The molecule has 2 rings (SSSR count). The van der Waals surface area contributed by atoms with Crippen LogP contribution < -0.4 is 0 Å². The molecule has 4 nitrogen and oxygen atoms in total. The monoisotopic (exact) mass is 337 g/mol. The average molecular weight is 337 g/mol. The standard InChI is InChI=1S/C20H33O4/c1-23-19(21)17(13-15-9-5-3-6-10-15)14-18(20(22)24-2)16-11-7-4-8-12-16/h15-16,18H,3-14H2,1-2H3. The molecule has 1 unspecified atom stereocenters. The zero-order valence-electron chi connectivity index (χ0n) is 15.4. The minimum absolute atomic E-state index is 0.160. The van der Waals surface area contributed by atoms with Gasteiger partial charge < -0.3 is 9.47 Å². The third kappa shape index (κ3) is 5.42. The van der Waals surface area contributed by atoms with Crippen molar-refractivity contribution < 1.29 is 19.4 Å². The second-order valence-corrected chi connectivity index (χ2v) is 7.54. The summed E-state index contributed by atoms with van der Waals surface area (Å²) < 4.78 is 10.1. The highest BCUT2D eigenvalue weighted by atomic mass is 16.6. The first kappa shape index (κ1) is 19.1. The van der Waals surface area contributed by atoms with E-state index in [4.69, 9.17) is 9.47 Å². The fraction of sp³-hybridized carbons (Fsp3) is 0.850. The molecule has 0 amide bonds. The number of allylic oxidation sites excluding steroid dienone is 1. The van der Waals surface area contributed by atoms with Gasteiger partial charge in [0.15, 0.2) is 0 Å². The van der Waals surface area contributed by atoms with Crippen LogP contribution in [0.5, 0.6) is 0 Å². The van der Waals surface area contributed by atoms with Crippen LogP contribution in [0.1, 0.15) is 77.0 Å². The van der Waals surface area contributed by atoms with Crippen LogP contribution in [0.25, 0.3) is 0 Å². The highest BCUT2D eigenvalue weighted by molar-refractivity contribution is 5.73. The summed E-state index contributed by atoms with van der Waals surface area (Å²) in [7, 11) is 2.90. The molecule has 2 saturated carbocycles. The van der Waals surface area contributed by atoms with Crippen molar-refractivity contribution in [2.75, 3.05) is 14.2 Å². The topological polar surface area (TPSA) is 55.4 Å². The van der Waals surface area contributed by atoms with Gasteiger partial charge in [-0.15, -0.1) is 0 Å². The Hall–Kier alpha value is -1.19. The predicted octanol–water partition coefficient (Wildman–Crippen LogP) is 5.00. The molecular weight excluding hydrogens is 304 g/mol. The summed E-state index contributed by atoms with van der Waals surface area (Å²) in [6.07, 6.45) is 13.2. The van der Waals surface area contributed by atoms with Gasteiger partial charge in [0.1, 0.15) is 0 Å². The lowest BCUT2D eigenvalue weighted by Gasteiger charge is -2.30. The largest absolute Gasteiger partial charge is 0.469 e. The smallest absolute Gasteiger partial charge is 0.329 e. The molecular formula is C20H33O4. The minimum atomic E-state index is -0.231. The van der Waals surface area contributed by atoms with E-state index in [9.17, 15) is 9.90 Å². The Morgan fingerprint density at radius 1 is 0.917 bits per heavy atom. The summed E-state index contributed by atoms with van der Waals surface area (Å²) in [5.74, 6) is 0.333. The minimum Gasteiger partial charge on any atom is -0.469 e. The van der Waals surface area contributed by atoms with Crippen molar-refractivity contribution in [1.82, 2.24) is 0 Å². The third-order valence-electron chi connectivity index (χ3n) is 5.92. The van der Waals surface area contributed by atoms with Crippen molar-refractivity contribution in [1.29, 1.82) is 0 Å². The lowest BCUT2D eigenvalue weighted by molar-refractivity contribution is -0.148. The van der Waals surface area contributed by atoms with Gasteiger partial charge in [0.2, 0.25) is 0 Å². The van der Waals surface area contributed by atoms with Crippen LogP contribution in [-0.2, 0) is 19.4 Å². The zero-order valence-corrected chi connectivity index (χ0v) is 15.4. The molecule has 1 atom stereocenters. The average Bonchev–Trinajstić information content (AvgIpc) is 2.65. The van der Waals surface area contributed by atoms with Gasteiger partial charge in [-0.05, 0) is 37.5 Å². The van der Waals surface area contributed by atoms with Gasteiger partial charge in [0, 0.05) is 5.57 Å². The van der Waals surface area contributed by atoms with Crippen LogP contribution in [0.15, 0.2) is 11.5 Å². The molecule has 0 N–H and O–H groups in total. The molecule has 2 aliphatic rings. The molecule has 0 aromatic heterocycles. The summed E-state index contributed by atoms with van der Waals surface area (Å²) in [5, 5.41) is 12.3. The van der Waals surface area contributed by atoms with Gasteiger partial charge in [-0.1, -0.05) is 51.4 Å². The van der Waals surface area contributed by atoms with E-state index in [2.05, 4.69) is 0 Å². The van der Waals surface area contributed by atoms with Gasteiger partial charge in [0.25, 0.3) is 0 Å². The third-order valence-corrected chi connectivity index (χ3v) is 5.92. The number of carbonyl (C=O) groups is 1. The summed E-state index contributed by atoms with van der Waals surface area (Å²) >= 11 is 0. The first-order valence-electron chi connectivity index (χ1n) is 9.66. The first-order valence-corrected chi connectivity index (χ1v) is 9.66. The van der Waals surface area contributed by atoms with E-state index in [0.29, 0.717) is 18.3 Å². The zero-order chi connectivity index (χ0) is 17.4. The summed E-state index contributed by atoms with van der Waals surface area (Å²) in [4.78, 5) is 12.4. The second-order valence-electron chi connectivity index (χ2n) is 7.54. The van der Waals surface area contributed by atoms with Crippen LogP contribution in [-0.4, -0.2) is 20.2 Å². The van der Waals surface area contributed by atoms with Crippen LogP contribution in [0.3, 0.4) is 0 Å². The molecule has 137 valence electrons. The molecule has 1 radical (unpaired) electrons. The first-order chi connectivity index (χ1) is 11.7. The Balaban J connectivity index is 2.09. The second kappa shape index (κ2) is 9.95. The summed E-state index contributed by atoms with van der Waals surface area (Å²) in [6, 6.07) is 0. The van der Waals surface area contributed by atoms with E-state index in [1.165, 1.54) is 65.6 Å². The lowest BCUT2D eigenvalue weighted by Crippen LogP contribution is -2.28. The normalized spacial score (nSPS) is 22.6. The van der Waals surface area contributed by atoms with Gasteiger partial charge >= 0.3 is 11.9 Å². The molecule has 4 heteroatoms. The maximum absolute atomic E-state index is 12.4. The number of esters is 1. The molecule has 0 aliphatic heterocycles. The molecule has 0 aromatic carbocycles. The number of rotatable bonds is 7. The Labute approximate surface area is 146 Å². The number of ether oxygens (including phenoxy) is 2. The lowest BCUT2D eigenvalue weighted by atomic mass is 9.75. The Kier molecular flexibility index (Phi) is 7.93. The maximum atomic E-state index is 12.4. The number of hydrogen-bond donors (Lipinski definition) is 0.